The molecule has 1 saturated heterocycles. The molecule has 0 unspecified atom stereocenters. The Kier molecular flexibility index (Phi) is 3.72. The van der Waals surface area contributed by atoms with Gasteiger partial charge in [0.1, 0.15) is 5.01 Å². The molecule has 0 bridgehead atoms. The van der Waals surface area contributed by atoms with Crippen molar-refractivity contribution in [3.8, 4) is 0 Å². The fourth-order valence-electron chi connectivity index (χ4n) is 2.63. The van der Waals surface area contributed by atoms with Gasteiger partial charge in [-0.2, -0.15) is 13.2 Å². The summed E-state index contributed by atoms with van der Waals surface area (Å²) in [6.07, 6.45) is -2.82. The van der Waals surface area contributed by atoms with Gasteiger partial charge >= 0.3 is 6.18 Å². The van der Waals surface area contributed by atoms with Crippen molar-refractivity contribution in [2.75, 3.05) is 6.54 Å². The van der Waals surface area contributed by atoms with Crippen molar-refractivity contribution in [2.45, 2.75) is 44.9 Å². The first kappa shape index (κ1) is 15.4. The Balaban J connectivity index is 2.24. The number of thiazole rings is 1. The first-order valence-corrected chi connectivity index (χ1v) is 7.84. The minimum atomic E-state index is -4.67. The predicted octanol–water partition coefficient (Wildman–Crippen LogP) is 2.88. The van der Waals surface area contributed by atoms with Crippen molar-refractivity contribution in [1.82, 2.24) is 19.9 Å². The zero-order chi connectivity index (χ0) is 16.1. The van der Waals surface area contributed by atoms with Gasteiger partial charge < -0.3 is 5.32 Å². The number of hydrogen-bond acceptors (Lipinski definition) is 5. The molecule has 0 aliphatic carbocycles. The number of rotatable bonds is 2. The van der Waals surface area contributed by atoms with Crippen LogP contribution in [-0.4, -0.2) is 21.1 Å². The van der Waals surface area contributed by atoms with E-state index in [0.717, 1.165) is 30.7 Å². The van der Waals surface area contributed by atoms with Crippen LogP contribution in [-0.2, 0) is 6.18 Å². The van der Waals surface area contributed by atoms with Crippen LogP contribution in [0.15, 0.2) is 4.79 Å². The van der Waals surface area contributed by atoms with Gasteiger partial charge in [0, 0.05) is 6.04 Å². The van der Waals surface area contributed by atoms with Gasteiger partial charge in [0.15, 0.2) is 10.3 Å². The Morgan fingerprint density at radius 3 is 2.64 bits per heavy atom. The van der Waals surface area contributed by atoms with Gasteiger partial charge in [0.25, 0.3) is 5.56 Å². The lowest BCUT2D eigenvalue weighted by molar-refractivity contribution is -0.148. The van der Waals surface area contributed by atoms with E-state index in [0.29, 0.717) is 9.57 Å². The van der Waals surface area contributed by atoms with Crippen LogP contribution in [0.1, 0.15) is 49.6 Å². The number of nitrogens with one attached hydrogen (secondary N) is 1. The molecule has 9 heteroatoms. The second-order valence-corrected chi connectivity index (χ2v) is 6.57. The van der Waals surface area contributed by atoms with E-state index in [1.165, 1.54) is 13.8 Å². The molecule has 0 radical (unpaired) electrons. The third-order valence-electron chi connectivity index (χ3n) is 3.61. The van der Waals surface area contributed by atoms with Gasteiger partial charge in [0.05, 0.1) is 6.04 Å². The highest BCUT2D eigenvalue weighted by Gasteiger charge is 2.38. The smallest absolute Gasteiger partial charge is 0.308 e. The lowest BCUT2D eigenvalue weighted by atomic mass is 10.2. The molecule has 5 nitrogen and oxygen atoms in total. The normalized spacial score (nSPS) is 19.5. The topological polar surface area (TPSA) is 59.8 Å². The van der Waals surface area contributed by atoms with Gasteiger partial charge in [-0.1, -0.05) is 11.3 Å². The second-order valence-electron chi connectivity index (χ2n) is 5.56. The lowest BCUT2D eigenvalue weighted by Gasteiger charge is -2.16. The predicted molar refractivity (Wildman–Crippen MR) is 77.0 cm³/mol. The lowest BCUT2D eigenvalue weighted by Crippen LogP contribution is -2.31. The van der Waals surface area contributed by atoms with Crippen molar-refractivity contribution in [3.05, 3.63) is 21.2 Å². The maximum atomic E-state index is 13.2. The molecule has 1 N–H and O–H groups in total. The molecule has 1 atom stereocenters. The molecule has 0 spiro atoms. The molecule has 0 amide bonds. The maximum Gasteiger partial charge on any atom is 0.449 e. The van der Waals surface area contributed by atoms with Gasteiger partial charge in [-0.25, -0.2) is 9.97 Å². The average Bonchev–Trinajstić information content (AvgIpc) is 3.05. The van der Waals surface area contributed by atoms with E-state index in [1.54, 1.807) is 0 Å². The summed E-state index contributed by atoms with van der Waals surface area (Å²) >= 11 is 1.06. The summed E-state index contributed by atoms with van der Waals surface area (Å²) in [5.74, 6) is -1.16. The first-order chi connectivity index (χ1) is 10.3. The fraction of sp³-hybridized carbons (Fsp3) is 0.615. The minimum Gasteiger partial charge on any atom is -0.308 e. The highest BCUT2D eigenvalue weighted by molar-refractivity contribution is 7.18. The van der Waals surface area contributed by atoms with Crippen LogP contribution in [0, 0.1) is 0 Å². The van der Waals surface area contributed by atoms with Crippen LogP contribution < -0.4 is 10.9 Å². The number of fused-ring (bicyclic) bond motifs is 1. The summed E-state index contributed by atoms with van der Waals surface area (Å²) in [6.45, 7) is 3.89. The van der Waals surface area contributed by atoms with Crippen LogP contribution in [0.25, 0.3) is 10.3 Å². The van der Waals surface area contributed by atoms with Crippen LogP contribution in [0.4, 0.5) is 13.2 Å². The van der Waals surface area contributed by atoms with Crippen molar-refractivity contribution < 1.29 is 13.2 Å². The van der Waals surface area contributed by atoms with E-state index in [-0.39, 0.29) is 16.4 Å². The van der Waals surface area contributed by atoms with E-state index in [4.69, 9.17) is 0 Å². The molecule has 1 aliphatic heterocycles. The zero-order valence-electron chi connectivity index (χ0n) is 12.1. The van der Waals surface area contributed by atoms with E-state index in [2.05, 4.69) is 15.3 Å². The number of aromatic nitrogens is 3. The molecule has 3 rings (SSSR count). The molecular weight excluding hydrogens is 317 g/mol. The molecular formula is C13H15F3N4OS. The summed E-state index contributed by atoms with van der Waals surface area (Å²) in [7, 11) is 0. The number of nitrogens with zero attached hydrogens (tertiary/aromatic N) is 3. The van der Waals surface area contributed by atoms with Gasteiger partial charge in [-0.15, -0.1) is 0 Å². The van der Waals surface area contributed by atoms with E-state index < -0.39 is 23.6 Å². The maximum absolute atomic E-state index is 13.2. The highest BCUT2D eigenvalue weighted by Crippen LogP contribution is 2.33. The molecule has 0 saturated carbocycles. The quantitative estimate of drug-likeness (QED) is 0.919. The first-order valence-electron chi connectivity index (χ1n) is 7.02. The fourth-order valence-corrected chi connectivity index (χ4v) is 3.67. The Morgan fingerprint density at radius 1 is 1.36 bits per heavy atom. The van der Waals surface area contributed by atoms with Crippen LogP contribution in [0.2, 0.25) is 0 Å². The SMILES string of the molecule is CC(C)n1c(C(F)(F)F)nc2sc([C@H]3CCCN3)nc2c1=O. The average molecular weight is 332 g/mol. The Labute approximate surface area is 128 Å². The van der Waals surface area contributed by atoms with Crippen molar-refractivity contribution >= 4 is 21.7 Å². The molecule has 2 aromatic rings. The Bertz CT molecular complexity index is 759. The van der Waals surface area contributed by atoms with E-state index in [9.17, 15) is 18.0 Å². The molecule has 2 aromatic heterocycles. The number of halogens is 3. The van der Waals surface area contributed by atoms with Crippen molar-refractivity contribution in [3.63, 3.8) is 0 Å². The third kappa shape index (κ3) is 2.52. The van der Waals surface area contributed by atoms with E-state index >= 15 is 0 Å². The van der Waals surface area contributed by atoms with Crippen molar-refractivity contribution in [1.29, 1.82) is 0 Å². The summed E-state index contributed by atoms with van der Waals surface area (Å²) in [5, 5.41) is 3.86. The molecule has 1 aliphatic rings. The van der Waals surface area contributed by atoms with E-state index in [1.807, 2.05) is 0 Å². The van der Waals surface area contributed by atoms with Crippen LogP contribution in [0.5, 0.6) is 0 Å². The molecule has 1 fully saturated rings. The molecule has 0 aromatic carbocycles. The number of alkyl halides is 3. The second kappa shape index (κ2) is 5.31. The van der Waals surface area contributed by atoms with Crippen molar-refractivity contribution in [2.24, 2.45) is 0 Å². The number of hydrogen-bond donors (Lipinski definition) is 1. The summed E-state index contributed by atoms with van der Waals surface area (Å²) in [5.41, 5.74) is -0.705. The van der Waals surface area contributed by atoms with Crippen LogP contribution in [0.3, 0.4) is 0 Å². The Morgan fingerprint density at radius 2 is 2.09 bits per heavy atom. The molecule has 120 valence electrons. The minimum absolute atomic E-state index is 0.000404. The largest absolute Gasteiger partial charge is 0.449 e. The molecule has 22 heavy (non-hydrogen) atoms. The summed E-state index contributed by atoms with van der Waals surface area (Å²) in [4.78, 5) is 20.4. The summed E-state index contributed by atoms with van der Waals surface area (Å²) < 4.78 is 40.2. The highest BCUT2D eigenvalue weighted by atomic mass is 32.1. The van der Waals surface area contributed by atoms with Gasteiger partial charge in [0.2, 0.25) is 5.82 Å². The van der Waals surface area contributed by atoms with Gasteiger partial charge in [-0.3, -0.25) is 9.36 Å². The Hall–Kier alpha value is -1.48. The molecule has 3 heterocycles. The van der Waals surface area contributed by atoms with Gasteiger partial charge in [-0.05, 0) is 33.2 Å². The monoisotopic (exact) mass is 332 g/mol. The summed E-state index contributed by atoms with van der Waals surface area (Å²) in [6, 6.07) is -0.642. The zero-order valence-corrected chi connectivity index (χ0v) is 12.9. The van der Waals surface area contributed by atoms with Crippen LogP contribution >= 0.6 is 11.3 Å². The standard InChI is InChI=1S/C13H15F3N4OS/c1-6(2)20-11(21)8-10(19-12(20)13(14,15)16)22-9(18-8)7-4-3-5-17-7/h6-7,17H,3-5H2,1-2H3/t7-/m1/s1. The third-order valence-corrected chi connectivity index (χ3v) is 4.67.